The van der Waals surface area contributed by atoms with E-state index in [-0.39, 0.29) is 11.1 Å². The van der Waals surface area contributed by atoms with Crippen LogP contribution in [0.4, 0.5) is 0 Å². The minimum Gasteiger partial charge on any atom is -0.289 e. The smallest absolute Gasteiger partial charge is 0.193 e. The molecule has 0 N–H and O–H groups in total. The van der Waals surface area contributed by atoms with Crippen LogP contribution < -0.4 is 0 Å². The number of allylic oxidation sites excluding steroid dienone is 2. The molecule has 0 aliphatic carbocycles. The Morgan fingerprint density at radius 1 is 1.00 bits per heavy atom. The molecule has 0 rings (SSSR count). The molecule has 0 aromatic carbocycles. The summed E-state index contributed by atoms with van der Waals surface area (Å²) < 4.78 is 0. The lowest BCUT2D eigenvalue weighted by Gasteiger charge is -1.86. The molecule has 1 heteroatoms. The molecule has 0 amide bonds. The molecule has 0 aliphatic rings. The summed E-state index contributed by atoms with van der Waals surface area (Å²) in [6, 6.07) is 0. The Morgan fingerprint density at radius 2 is 1.50 bits per heavy atom. The van der Waals surface area contributed by atoms with Crippen molar-refractivity contribution in [1.82, 2.24) is 0 Å². The fourth-order valence-electron chi connectivity index (χ4n) is 0.458. The minimum atomic E-state index is 0.187. The summed E-state index contributed by atoms with van der Waals surface area (Å²) in [7, 11) is 0. The highest BCUT2D eigenvalue weighted by atomic mass is 16.1. The van der Waals surface area contributed by atoms with Crippen molar-refractivity contribution in [1.29, 1.82) is 0 Å². The molecule has 0 bridgehead atoms. The van der Waals surface area contributed by atoms with Gasteiger partial charge >= 0.3 is 0 Å². The van der Waals surface area contributed by atoms with Crippen LogP contribution in [0.2, 0.25) is 0 Å². The average molecular weight is 152 g/mol. The number of carbonyl (C=O) groups excluding carboxylic acids is 1. The van der Waals surface area contributed by atoms with Gasteiger partial charge in [-0.3, -0.25) is 4.79 Å². The van der Waals surface area contributed by atoms with Crippen molar-refractivity contribution in [3.05, 3.63) is 11.1 Å². The number of aldehydes is 1. The number of hydrogen-bond donors (Lipinski definition) is 0. The third-order valence-electron chi connectivity index (χ3n) is 0.939. The molecule has 0 radical (unpaired) electrons. The number of rotatable bonds is 0. The Kier molecular flexibility index (Phi) is 4.37. The second-order valence-corrected chi connectivity index (χ2v) is 1.57. The summed E-state index contributed by atoms with van der Waals surface area (Å²) in [5.41, 5.74) is 0.374. The number of hydrogen-bond acceptors (Lipinski definition) is 1. The van der Waals surface area contributed by atoms with Crippen LogP contribution in [0.3, 0.4) is 0 Å². The Bertz CT molecular complexity index is 375. The van der Waals surface area contributed by atoms with Crippen LogP contribution in [0, 0.1) is 48.9 Å². The average Bonchev–Trinajstić information content (AvgIpc) is 2.12. The van der Waals surface area contributed by atoms with Crippen LogP contribution in [0.5, 0.6) is 0 Å². The predicted molar refractivity (Wildman–Crippen MR) is 47.4 cm³/mol. The maximum atomic E-state index is 9.86. The first-order valence-corrected chi connectivity index (χ1v) is 2.89. The van der Waals surface area contributed by atoms with Crippen molar-refractivity contribution in [3.8, 4) is 48.9 Å². The van der Waals surface area contributed by atoms with E-state index in [2.05, 4.69) is 29.6 Å². The third kappa shape index (κ3) is 2.49. The molecule has 0 saturated carbocycles. The van der Waals surface area contributed by atoms with E-state index >= 15 is 0 Å². The normalized spacial score (nSPS) is 5.75. The quantitative estimate of drug-likeness (QED) is 0.362. The first kappa shape index (κ1) is 9.65. The van der Waals surface area contributed by atoms with E-state index in [1.807, 2.05) is 0 Å². The molecule has 0 aliphatic heterocycles. The molecule has 0 aromatic heterocycles. The SMILES string of the molecule is C#CC(C#C)=C(C#C)C#CC=O. The summed E-state index contributed by atoms with van der Waals surface area (Å²) in [4.78, 5) is 9.86. The van der Waals surface area contributed by atoms with Gasteiger partial charge in [-0.15, -0.1) is 19.3 Å². The molecule has 12 heavy (non-hydrogen) atoms. The Balaban J connectivity index is 5.21. The molecule has 0 atom stereocenters. The van der Waals surface area contributed by atoms with Gasteiger partial charge in [0.15, 0.2) is 6.29 Å². The highest BCUT2D eigenvalue weighted by molar-refractivity contribution is 5.75. The van der Waals surface area contributed by atoms with Crippen molar-refractivity contribution in [2.75, 3.05) is 0 Å². The van der Waals surface area contributed by atoms with E-state index < -0.39 is 0 Å². The number of carbonyl (C=O) groups is 1. The highest BCUT2D eigenvalue weighted by Crippen LogP contribution is 1.98. The van der Waals surface area contributed by atoms with Crippen LogP contribution in [0.15, 0.2) is 11.1 Å². The van der Waals surface area contributed by atoms with Gasteiger partial charge in [0.2, 0.25) is 0 Å². The van der Waals surface area contributed by atoms with Crippen LogP contribution in [0.1, 0.15) is 0 Å². The van der Waals surface area contributed by atoms with Gasteiger partial charge in [-0.25, -0.2) is 0 Å². The van der Waals surface area contributed by atoms with Crippen LogP contribution in [-0.4, -0.2) is 6.29 Å². The lowest BCUT2D eigenvalue weighted by atomic mass is 10.1. The molecule has 0 aromatic rings. The van der Waals surface area contributed by atoms with E-state index in [4.69, 9.17) is 19.3 Å². The van der Waals surface area contributed by atoms with Gasteiger partial charge in [0.1, 0.15) is 0 Å². The largest absolute Gasteiger partial charge is 0.289 e. The summed E-state index contributed by atoms with van der Waals surface area (Å²) in [6.45, 7) is 0. The zero-order valence-electron chi connectivity index (χ0n) is 6.22. The van der Waals surface area contributed by atoms with E-state index in [9.17, 15) is 4.79 Å². The molecule has 0 heterocycles. The molecule has 0 saturated heterocycles. The first-order chi connectivity index (χ1) is 5.79. The summed E-state index contributed by atoms with van der Waals surface area (Å²) >= 11 is 0. The monoisotopic (exact) mass is 152 g/mol. The van der Waals surface area contributed by atoms with Gasteiger partial charge in [0, 0.05) is 0 Å². The van der Waals surface area contributed by atoms with Crippen LogP contribution >= 0.6 is 0 Å². The maximum Gasteiger partial charge on any atom is 0.193 e. The van der Waals surface area contributed by atoms with Gasteiger partial charge in [0.25, 0.3) is 0 Å². The summed E-state index contributed by atoms with van der Waals surface area (Å²) in [6.07, 6.45) is 15.5. The molecule has 0 spiro atoms. The maximum absolute atomic E-state index is 9.86. The predicted octanol–water partition coefficient (Wildman–Crippen LogP) is 0.385. The van der Waals surface area contributed by atoms with Crippen LogP contribution in [0.25, 0.3) is 0 Å². The van der Waals surface area contributed by atoms with Crippen molar-refractivity contribution in [2.24, 2.45) is 0 Å². The summed E-state index contributed by atoms with van der Waals surface area (Å²) in [5.74, 6) is 11.1. The van der Waals surface area contributed by atoms with E-state index in [1.165, 1.54) is 0 Å². The van der Waals surface area contributed by atoms with E-state index in [0.717, 1.165) is 0 Å². The minimum absolute atomic E-state index is 0.187. The lowest BCUT2D eigenvalue weighted by Crippen LogP contribution is -1.81. The van der Waals surface area contributed by atoms with Gasteiger partial charge in [-0.05, 0) is 11.8 Å². The second-order valence-electron chi connectivity index (χ2n) is 1.57. The molecular weight excluding hydrogens is 148 g/mol. The van der Waals surface area contributed by atoms with Crippen molar-refractivity contribution in [3.63, 3.8) is 0 Å². The van der Waals surface area contributed by atoms with E-state index in [0.29, 0.717) is 6.29 Å². The molecule has 0 unspecified atom stereocenters. The zero-order valence-corrected chi connectivity index (χ0v) is 6.22. The highest BCUT2D eigenvalue weighted by Gasteiger charge is 1.93. The fraction of sp³-hybridized carbons (Fsp3) is 0. The van der Waals surface area contributed by atoms with Gasteiger partial charge in [-0.1, -0.05) is 17.8 Å². The van der Waals surface area contributed by atoms with Crippen molar-refractivity contribution in [2.45, 2.75) is 0 Å². The molecular formula is C11H4O. The van der Waals surface area contributed by atoms with Crippen molar-refractivity contribution >= 4 is 6.29 Å². The number of terminal acetylenes is 3. The molecule has 54 valence electrons. The second kappa shape index (κ2) is 5.44. The van der Waals surface area contributed by atoms with Crippen LogP contribution in [-0.2, 0) is 4.79 Å². The van der Waals surface area contributed by atoms with Gasteiger partial charge in [0.05, 0.1) is 11.1 Å². The third-order valence-corrected chi connectivity index (χ3v) is 0.939. The summed E-state index contributed by atoms with van der Waals surface area (Å²) in [5, 5.41) is 0. The zero-order chi connectivity index (χ0) is 9.40. The Hall–Kier alpha value is -2.35. The first-order valence-electron chi connectivity index (χ1n) is 2.89. The van der Waals surface area contributed by atoms with E-state index in [1.54, 1.807) is 0 Å². The lowest BCUT2D eigenvalue weighted by molar-refractivity contribution is -0.103. The van der Waals surface area contributed by atoms with Gasteiger partial charge in [-0.2, -0.15) is 0 Å². The molecule has 1 nitrogen and oxygen atoms in total. The topological polar surface area (TPSA) is 17.1 Å². The Morgan fingerprint density at radius 3 is 1.83 bits per heavy atom. The van der Waals surface area contributed by atoms with Gasteiger partial charge < -0.3 is 0 Å². The van der Waals surface area contributed by atoms with Crippen molar-refractivity contribution < 1.29 is 4.79 Å². The fourth-order valence-corrected chi connectivity index (χ4v) is 0.458. The Labute approximate surface area is 71.9 Å². The molecule has 0 fully saturated rings. The standard InChI is InChI=1S/C11H4O/c1-4-10(5-2)11(6-3)8-7-9-12/h1-3,9H.